The summed E-state index contributed by atoms with van der Waals surface area (Å²) in [6.45, 7) is 8.25. The highest BCUT2D eigenvalue weighted by Gasteiger charge is 2.09. The lowest BCUT2D eigenvalue weighted by Gasteiger charge is -2.06. The van der Waals surface area contributed by atoms with Gasteiger partial charge in [0.25, 0.3) is 0 Å². The number of rotatable bonds is 2. The van der Waals surface area contributed by atoms with Crippen molar-refractivity contribution in [1.82, 2.24) is 4.98 Å². The fourth-order valence-corrected chi connectivity index (χ4v) is 2.95. The van der Waals surface area contributed by atoms with Crippen LogP contribution in [0.5, 0.6) is 5.88 Å². The zero-order chi connectivity index (χ0) is 15.9. The maximum absolute atomic E-state index is 10.1. The largest absolute Gasteiger partial charge is 0.494 e. The predicted molar refractivity (Wildman–Crippen MR) is 92.6 cm³/mol. The molecule has 3 rings (SSSR count). The van der Waals surface area contributed by atoms with E-state index >= 15 is 0 Å². The SMILES string of the molecule is Cc1cc(C)c(N=Cc2c(O)[nH]c3ccc(C)cc23)c(C)c1. The Morgan fingerprint density at radius 1 is 0.955 bits per heavy atom. The zero-order valence-corrected chi connectivity index (χ0v) is 13.4. The van der Waals surface area contributed by atoms with Crippen LogP contribution >= 0.6 is 0 Å². The average Bonchev–Trinajstić information content (AvgIpc) is 2.73. The minimum atomic E-state index is 0.159. The average molecular weight is 292 g/mol. The molecule has 3 heteroatoms. The summed E-state index contributed by atoms with van der Waals surface area (Å²) in [7, 11) is 0. The number of nitrogens with zero attached hydrogens (tertiary/aromatic N) is 1. The molecule has 0 saturated heterocycles. The minimum Gasteiger partial charge on any atom is -0.494 e. The molecule has 0 spiro atoms. The number of benzene rings is 2. The fourth-order valence-electron chi connectivity index (χ4n) is 2.95. The van der Waals surface area contributed by atoms with Gasteiger partial charge in [0.05, 0.1) is 11.3 Å². The molecule has 0 bridgehead atoms. The molecular formula is C19H20N2O. The Labute approximate surface area is 130 Å². The Morgan fingerprint density at radius 2 is 1.64 bits per heavy atom. The van der Waals surface area contributed by atoms with Crippen LogP contribution in [-0.2, 0) is 0 Å². The van der Waals surface area contributed by atoms with Gasteiger partial charge in [0.2, 0.25) is 0 Å². The van der Waals surface area contributed by atoms with Crippen molar-refractivity contribution in [1.29, 1.82) is 0 Å². The number of fused-ring (bicyclic) bond motifs is 1. The quantitative estimate of drug-likeness (QED) is 0.651. The molecule has 3 aromatic rings. The minimum absolute atomic E-state index is 0.159. The number of aryl methyl sites for hydroxylation is 4. The molecule has 0 amide bonds. The molecule has 3 nitrogen and oxygen atoms in total. The summed E-state index contributed by atoms with van der Waals surface area (Å²) in [6, 6.07) is 10.3. The highest BCUT2D eigenvalue weighted by atomic mass is 16.3. The fraction of sp³-hybridized carbons (Fsp3) is 0.211. The number of aromatic nitrogens is 1. The topological polar surface area (TPSA) is 48.4 Å². The lowest BCUT2D eigenvalue weighted by atomic mass is 10.1. The first-order chi connectivity index (χ1) is 10.5. The van der Waals surface area contributed by atoms with E-state index in [0.29, 0.717) is 0 Å². The molecule has 112 valence electrons. The van der Waals surface area contributed by atoms with E-state index in [4.69, 9.17) is 0 Å². The molecule has 0 atom stereocenters. The van der Waals surface area contributed by atoms with Crippen LogP contribution in [0.3, 0.4) is 0 Å². The van der Waals surface area contributed by atoms with Gasteiger partial charge in [-0.05, 0) is 51.0 Å². The Bertz CT molecular complexity index is 865. The molecule has 2 aromatic carbocycles. The van der Waals surface area contributed by atoms with Crippen molar-refractivity contribution >= 4 is 22.8 Å². The molecule has 0 aliphatic rings. The highest BCUT2D eigenvalue weighted by Crippen LogP contribution is 2.29. The second-order valence-electron chi connectivity index (χ2n) is 5.94. The van der Waals surface area contributed by atoms with E-state index in [2.05, 4.69) is 48.9 Å². The van der Waals surface area contributed by atoms with E-state index in [1.165, 1.54) is 5.56 Å². The van der Waals surface area contributed by atoms with Crippen LogP contribution in [0.4, 0.5) is 5.69 Å². The summed E-state index contributed by atoms with van der Waals surface area (Å²) in [5.74, 6) is 0.159. The van der Waals surface area contributed by atoms with Crippen LogP contribution in [0.15, 0.2) is 35.3 Å². The van der Waals surface area contributed by atoms with Crippen LogP contribution in [0.1, 0.15) is 27.8 Å². The molecular weight excluding hydrogens is 272 g/mol. The van der Waals surface area contributed by atoms with E-state index in [-0.39, 0.29) is 5.88 Å². The lowest BCUT2D eigenvalue weighted by Crippen LogP contribution is -1.86. The first kappa shape index (κ1) is 14.4. The van der Waals surface area contributed by atoms with Gasteiger partial charge in [-0.1, -0.05) is 29.3 Å². The van der Waals surface area contributed by atoms with Crippen molar-refractivity contribution < 1.29 is 5.11 Å². The van der Waals surface area contributed by atoms with E-state index in [0.717, 1.165) is 38.8 Å². The Balaban J connectivity index is 2.10. The normalized spacial score (nSPS) is 11.6. The summed E-state index contributed by atoms with van der Waals surface area (Å²) < 4.78 is 0. The van der Waals surface area contributed by atoms with Crippen molar-refractivity contribution in [3.05, 3.63) is 58.1 Å². The van der Waals surface area contributed by atoms with Crippen LogP contribution in [0.2, 0.25) is 0 Å². The number of aromatic amines is 1. The number of hydrogen-bond acceptors (Lipinski definition) is 2. The second kappa shape index (κ2) is 5.34. The van der Waals surface area contributed by atoms with Crippen LogP contribution in [0.25, 0.3) is 10.9 Å². The maximum atomic E-state index is 10.1. The smallest absolute Gasteiger partial charge is 0.198 e. The van der Waals surface area contributed by atoms with Gasteiger partial charge in [-0.25, -0.2) is 0 Å². The van der Waals surface area contributed by atoms with Crippen molar-refractivity contribution in [2.75, 3.05) is 0 Å². The molecule has 2 N–H and O–H groups in total. The van der Waals surface area contributed by atoms with Gasteiger partial charge >= 0.3 is 0 Å². The third-order valence-corrected chi connectivity index (χ3v) is 3.93. The monoisotopic (exact) mass is 292 g/mol. The van der Waals surface area contributed by atoms with Gasteiger partial charge in [-0.2, -0.15) is 0 Å². The number of nitrogens with one attached hydrogen (secondary N) is 1. The molecule has 0 aliphatic carbocycles. The number of H-pyrrole nitrogens is 1. The molecule has 22 heavy (non-hydrogen) atoms. The molecule has 0 fully saturated rings. The molecule has 0 saturated carbocycles. The van der Waals surface area contributed by atoms with Crippen LogP contribution in [-0.4, -0.2) is 16.3 Å². The molecule has 1 heterocycles. The summed E-state index contributed by atoms with van der Waals surface area (Å²) in [5.41, 5.74) is 7.30. The van der Waals surface area contributed by atoms with Gasteiger partial charge < -0.3 is 10.1 Å². The third kappa shape index (κ3) is 2.50. The van der Waals surface area contributed by atoms with E-state index < -0.39 is 0 Å². The van der Waals surface area contributed by atoms with Gasteiger partial charge in [0.1, 0.15) is 0 Å². The molecule has 0 aliphatic heterocycles. The third-order valence-electron chi connectivity index (χ3n) is 3.93. The van der Waals surface area contributed by atoms with Gasteiger partial charge in [-0.15, -0.1) is 0 Å². The van der Waals surface area contributed by atoms with Crippen molar-refractivity contribution in [3.8, 4) is 5.88 Å². The van der Waals surface area contributed by atoms with Crippen molar-refractivity contribution in [3.63, 3.8) is 0 Å². The first-order valence-electron chi connectivity index (χ1n) is 7.39. The van der Waals surface area contributed by atoms with Crippen LogP contribution in [0, 0.1) is 27.7 Å². The number of hydrogen-bond donors (Lipinski definition) is 2. The summed E-state index contributed by atoms with van der Waals surface area (Å²) in [4.78, 5) is 7.62. The first-order valence-corrected chi connectivity index (χ1v) is 7.39. The van der Waals surface area contributed by atoms with E-state index in [1.54, 1.807) is 6.21 Å². The van der Waals surface area contributed by atoms with E-state index in [9.17, 15) is 5.11 Å². The summed E-state index contributed by atoms with van der Waals surface area (Å²) in [6.07, 6.45) is 1.75. The van der Waals surface area contributed by atoms with E-state index in [1.807, 2.05) is 19.1 Å². The number of aromatic hydroxyl groups is 1. The number of aliphatic imine (C=N–C) groups is 1. The zero-order valence-electron chi connectivity index (χ0n) is 13.4. The van der Waals surface area contributed by atoms with Gasteiger partial charge in [-0.3, -0.25) is 4.99 Å². The Morgan fingerprint density at radius 3 is 2.32 bits per heavy atom. The Hall–Kier alpha value is -2.55. The molecule has 0 unspecified atom stereocenters. The highest BCUT2D eigenvalue weighted by molar-refractivity contribution is 6.03. The molecule has 0 radical (unpaired) electrons. The molecule has 1 aromatic heterocycles. The standard InChI is InChI=1S/C19H20N2O/c1-11-5-6-17-15(9-11)16(19(22)21-17)10-20-18-13(3)7-12(2)8-14(18)4/h5-10,21-22H,1-4H3. The van der Waals surface area contributed by atoms with Crippen LogP contribution < -0.4 is 0 Å². The predicted octanol–water partition coefficient (Wildman–Crippen LogP) is 4.86. The van der Waals surface area contributed by atoms with Crippen molar-refractivity contribution in [2.45, 2.75) is 27.7 Å². The lowest BCUT2D eigenvalue weighted by molar-refractivity contribution is 0.457. The second-order valence-corrected chi connectivity index (χ2v) is 5.94. The van der Waals surface area contributed by atoms with Gasteiger partial charge in [0, 0.05) is 17.1 Å². The van der Waals surface area contributed by atoms with Crippen molar-refractivity contribution in [2.24, 2.45) is 4.99 Å². The maximum Gasteiger partial charge on any atom is 0.198 e. The Kier molecular flexibility index (Phi) is 3.49. The summed E-state index contributed by atoms with van der Waals surface area (Å²) in [5, 5.41) is 11.1. The van der Waals surface area contributed by atoms with Gasteiger partial charge in [0.15, 0.2) is 5.88 Å². The summed E-state index contributed by atoms with van der Waals surface area (Å²) >= 11 is 0.